The van der Waals surface area contributed by atoms with Gasteiger partial charge in [-0.3, -0.25) is 9.78 Å². The predicted octanol–water partition coefficient (Wildman–Crippen LogP) is 1.86. The first-order valence-electron chi connectivity index (χ1n) is 6.82. The number of halogens is 1. The minimum absolute atomic E-state index is 0.0314. The van der Waals surface area contributed by atoms with Crippen molar-refractivity contribution in [1.82, 2.24) is 10.3 Å². The van der Waals surface area contributed by atoms with Gasteiger partial charge in [0.05, 0.1) is 11.8 Å². The molecule has 3 N–H and O–H groups in total. The third-order valence-electron chi connectivity index (χ3n) is 3.76. The molecule has 0 bridgehead atoms. The van der Waals surface area contributed by atoms with Crippen molar-refractivity contribution in [3.8, 4) is 0 Å². The number of amides is 1. The molecule has 4 nitrogen and oxygen atoms in total. The zero-order valence-electron chi connectivity index (χ0n) is 10.9. The van der Waals surface area contributed by atoms with Gasteiger partial charge in [-0.25, -0.2) is 4.39 Å². The highest BCUT2D eigenvalue weighted by Crippen LogP contribution is 2.26. The number of nitrogens with zero attached hydrogens (tertiary/aromatic N) is 1. The number of rotatable bonds is 4. The second-order valence-corrected chi connectivity index (χ2v) is 5.11. The fourth-order valence-electron chi connectivity index (χ4n) is 2.69. The highest BCUT2D eigenvalue weighted by Gasteiger charge is 2.24. The number of nitrogens with two attached hydrogens (primary N) is 1. The molecule has 1 saturated carbocycles. The van der Waals surface area contributed by atoms with E-state index >= 15 is 0 Å². The Morgan fingerprint density at radius 3 is 2.79 bits per heavy atom. The Bertz CT molecular complexity index is 432. The van der Waals surface area contributed by atoms with Gasteiger partial charge in [-0.2, -0.15) is 0 Å². The number of nitrogens with one attached hydrogen (secondary N) is 1. The van der Waals surface area contributed by atoms with E-state index in [0.717, 1.165) is 19.0 Å². The maximum atomic E-state index is 13.0. The molecule has 0 aromatic carbocycles. The number of hydrogen-bond donors (Lipinski definition) is 2. The maximum absolute atomic E-state index is 13.0. The van der Waals surface area contributed by atoms with Crippen molar-refractivity contribution in [2.45, 2.75) is 38.1 Å². The Hall–Kier alpha value is -1.49. The quantitative estimate of drug-likeness (QED) is 0.873. The van der Waals surface area contributed by atoms with E-state index in [9.17, 15) is 9.18 Å². The summed E-state index contributed by atoms with van der Waals surface area (Å²) in [6.07, 6.45) is 8.30. The molecule has 1 aromatic heterocycles. The Morgan fingerprint density at radius 2 is 2.16 bits per heavy atom. The van der Waals surface area contributed by atoms with Crippen molar-refractivity contribution in [2.75, 3.05) is 6.54 Å². The Morgan fingerprint density at radius 1 is 1.42 bits per heavy atom. The van der Waals surface area contributed by atoms with Crippen LogP contribution in [0.1, 0.15) is 42.5 Å². The van der Waals surface area contributed by atoms with E-state index < -0.39 is 5.82 Å². The van der Waals surface area contributed by atoms with Crippen molar-refractivity contribution in [1.29, 1.82) is 0 Å². The molecule has 1 aliphatic carbocycles. The molecule has 0 radical (unpaired) electrons. The van der Waals surface area contributed by atoms with Crippen molar-refractivity contribution >= 4 is 5.91 Å². The third-order valence-corrected chi connectivity index (χ3v) is 3.76. The third kappa shape index (κ3) is 3.73. The van der Waals surface area contributed by atoms with Gasteiger partial charge in [-0.05, 0) is 24.8 Å². The largest absolute Gasteiger partial charge is 0.348 e. The van der Waals surface area contributed by atoms with Crippen molar-refractivity contribution in [3.05, 3.63) is 29.8 Å². The van der Waals surface area contributed by atoms with Gasteiger partial charge in [0.15, 0.2) is 0 Å². The molecule has 1 amide bonds. The van der Waals surface area contributed by atoms with Gasteiger partial charge < -0.3 is 11.1 Å². The van der Waals surface area contributed by atoms with E-state index in [1.54, 1.807) is 0 Å². The highest BCUT2D eigenvalue weighted by atomic mass is 19.1. The predicted molar refractivity (Wildman–Crippen MR) is 71.1 cm³/mol. The first-order chi connectivity index (χ1) is 9.20. The average Bonchev–Trinajstić information content (AvgIpc) is 2.45. The normalized spacial score (nSPS) is 18.0. The molecule has 1 unspecified atom stereocenters. The Balaban J connectivity index is 1.99. The zero-order valence-corrected chi connectivity index (χ0v) is 10.9. The lowest BCUT2D eigenvalue weighted by atomic mass is 9.84. The molecule has 5 heteroatoms. The van der Waals surface area contributed by atoms with E-state index in [4.69, 9.17) is 5.73 Å². The smallest absolute Gasteiger partial charge is 0.253 e. The molecule has 0 aliphatic heterocycles. The molecule has 1 fully saturated rings. The molecule has 104 valence electrons. The minimum atomic E-state index is -0.505. The molecule has 0 saturated heterocycles. The minimum Gasteiger partial charge on any atom is -0.348 e. The molecule has 1 aliphatic rings. The van der Waals surface area contributed by atoms with Crippen molar-refractivity contribution < 1.29 is 9.18 Å². The molecule has 1 heterocycles. The van der Waals surface area contributed by atoms with Gasteiger partial charge in [0, 0.05) is 18.8 Å². The van der Waals surface area contributed by atoms with E-state index in [2.05, 4.69) is 10.3 Å². The summed E-state index contributed by atoms with van der Waals surface area (Å²) in [5, 5.41) is 2.91. The van der Waals surface area contributed by atoms with Crippen molar-refractivity contribution in [3.63, 3.8) is 0 Å². The van der Waals surface area contributed by atoms with Crippen LogP contribution in [-0.4, -0.2) is 23.5 Å². The molecular weight excluding hydrogens is 245 g/mol. The summed E-state index contributed by atoms with van der Waals surface area (Å²) in [5.41, 5.74) is 6.00. The summed E-state index contributed by atoms with van der Waals surface area (Å²) >= 11 is 0. The van der Waals surface area contributed by atoms with Crippen LogP contribution < -0.4 is 11.1 Å². The average molecular weight is 265 g/mol. The second kappa shape index (κ2) is 6.61. The van der Waals surface area contributed by atoms with E-state index in [1.807, 2.05) is 0 Å². The number of aromatic nitrogens is 1. The number of carbonyl (C=O) groups excluding carboxylic acids is 1. The summed E-state index contributed by atoms with van der Waals surface area (Å²) in [6, 6.07) is 1.16. The summed E-state index contributed by atoms with van der Waals surface area (Å²) in [5.74, 6) is -0.369. The summed E-state index contributed by atoms with van der Waals surface area (Å²) in [6.45, 7) is 0.416. The fraction of sp³-hybridized carbons (Fsp3) is 0.571. The molecule has 0 spiro atoms. The van der Waals surface area contributed by atoms with Crippen LogP contribution in [0.5, 0.6) is 0 Å². The monoisotopic (exact) mass is 265 g/mol. The van der Waals surface area contributed by atoms with Crippen LogP contribution in [0.3, 0.4) is 0 Å². The fourth-order valence-corrected chi connectivity index (χ4v) is 2.69. The highest BCUT2D eigenvalue weighted by molar-refractivity contribution is 5.94. The van der Waals surface area contributed by atoms with E-state index in [-0.39, 0.29) is 17.5 Å². The molecule has 19 heavy (non-hydrogen) atoms. The molecule has 1 atom stereocenters. The first kappa shape index (κ1) is 13.9. The van der Waals surface area contributed by atoms with Gasteiger partial charge in [-0.1, -0.05) is 19.3 Å². The lowest BCUT2D eigenvalue weighted by Crippen LogP contribution is -2.45. The number of carbonyl (C=O) groups is 1. The van der Waals surface area contributed by atoms with Gasteiger partial charge in [0.25, 0.3) is 5.91 Å². The number of pyridine rings is 1. The Labute approximate surface area is 112 Å². The van der Waals surface area contributed by atoms with E-state index in [1.165, 1.54) is 31.5 Å². The van der Waals surface area contributed by atoms with Gasteiger partial charge in [0.2, 0.25) is 0 Å². The van der Waals surface area contributed by atoms with Gasteiger partial charge in [-0.15, -0.1) is 0 Å². The van der Waals surface area contributed by atoms with E-state index in [0.29, 0.717) is 12.5 Å². The second-order valence-electron chi connectivity index (χ2n) is 5.11. The van der Waals surface area contributed by atoms with Crippen LogP contribution in [0.4, 0.5) is 4.39 Å². The van der Waals surface area contributed by atoms with Crippen LogP contribution in [-0.2, 0) is 0 Å². The number of hydrogen-bond acceptors (Lipinski definition) is 3. The van der Waals surface area contributed by atoms with Crippen LogP contribution in [0, 0.1) is 11.7 Å². The van der Waals surface area contributed by atoms with Crippen LogP contribution >= 0.6 is 0 Å². The van der Waals surface area contributed by atoms with Gasteiger partial charge in [0.1, 0.15) is 5.82 Å². The lowest BCUT2D eigenvalue weighted by Gasteiger charge is -2.30. The molecule has 1 aromatic rings. The Kier molecular flexibility index (Phi) is 4.85. The molecule has 2 rings (SSSR count). The SMILES string of the molecule is NCC(NC(=O)c1cncc(F)c1)C1CCCCC1. The summed E-state index contributed by atoms with van der Waals surface area (Å²) < 4.78 is 13.0. The lowest BCUT2D eigenvalue weighted by molar-refractivity contribution is 0.0914. The maximum Gasteiger partial charge on any atom is 0.253 e. The van der Waals surface area contributed by atoms with Crippen molar-refractivity contribution in [2.24, 2.45) is 11.7 Å². The topological polar surface area (TPSA) is 68.0 Å². The standard InChI is InChI=1S/C14H20FN3O/c15-12-6-11(8-17-9-12)14(19)18-13(7-16)10-4-2-1-3-5-10/h6,8-10,13H,1-5,7,16H2,(H,18,19). The zero-order chi connectivity index (χ0) is 13.7. The summed E-state index contributed by atoms with van der Waals surface area (Å²) in [7, 11) is 0. The first-order valence-corrected chi connectivity index (χ1v) is 6.82. The van der Waals surface area contributed by atoms with Crippen LogP contribution in [0.15, 0.2) is 18.5 Å². The van der Waals surface area contributed by atoms with Crippen LogP contribution in [0.25, 0.3) is 0 Å². The van der Waals surface area contributed by atoms with Gasteiger partial charge >= 0.3 is 0 Å². The molecular formula is C14H20FN3O. The van der Waals surface area contributed by atoms with Crippen LogP contribution in [0.2, 0.25) is 0 Å². The summed E-state index contributed by atoms with van der Waals surface area (Å²) in [4.78, 5) is 15.7.